The standard InChI is InChI=1S/C25H42Si/c1-3-5-21-6-8-22(9-7-21)10-11-23-12-14-24(15-13-23)25-16-19-26(18-4-2)20-17-25/h6-9,23-26H,3-5,10-20H2,1-2H3. The summed E-state index contributed by atoms with van der Waals surface area (Å²) in [5.74, 6) is 3.21. The van der Waals surface area contributed by atoms with Crippen LogP contribution in [0.25, 0.3) is 0 Å². The van der Waals surface area contributed by atoms with E-state index in [0.29, 0.717) is 0 Å². The first-order valence-corrected chi connectivity index (χ1v) is 14.3. The lowest BCUT2D eigenvalue weighted by Gasteiger charge is -2.37. The lowest BCUT2D eigenvalue weighted by Crippen LogP contribution is -2.28. The van der Waals surface area contributed by atoms with E-state index in [4.69, 9.17) is 0 Å². The van der Waals surface area contributed by atoms with Crippen molar-refractivity contribution in [3.63, 3.8) is 0 Å². The maximum atomic E-state index is 2.39. The van der Waals surface area contributed by atoms with Gasteiger partial charge in [-0.25, -0.2) is 0 Å². The average Bonchev–Trinajstić information content (AvgIpc) is 2.69. The van der Waals surface area contributed by atoms with Crippen LogP contribution in [0.3, 0.4) is 0 Å². The van der Waals surface area contributed by atoms with Gasteiger partial charge in [-0.2, -0.15) is 0 Å². The molecule has 0 nitrogen and oxygen atoms in total. The van der Waals surface area contributed by atoms with Crippen LogP contribution in [0, 0.1) is 17.8 Å². The second kappa shape index (κ2) is 10.7. The molecule has 1 saturated heterocycles. The molecule has 0 atom stereocenters. The molecule has 0 unspecified atom stereocenters. The highest BCUT2D eigenvalue weighted by molar-refractivity contribution is 6.58. The van der Waals surface area contributed by atoms with E-state index in [2.05, 4.69) is 38.1 Å². The summed E-state index contributed by atoms with van der Waals surface area (Å²) in [6.07, 6.45) is 16.0. The quantitative estimate of drug-likeness (QED) is 0.417. The number of benzene rings is 1. The van der Waals surface area contributed by atoms with E-state index < -0.39 is 0 Å². The average molecular weight is 371 g/mol. The Morgan fingerprint density at radius 1 is 0.731 bits per heavy atom. The topological polar surface area (TPSA) is 0 Å². The first-order chi connectivity index (χ1) is 12.8. The monoisotopic (exact) mass is 370 g/mol. The van der Waals surface area contributed by atoms with Gasteiger partial charge in [0, 0.05) is 8.80 Å². The molecule has 1 aromatic carbocycles. The van der Waals surface area contributed by atoms with Gasteiger partial charge in [0.05, 0.1) is 0 Å². The Labute approximate surface area is 164 Å². The molecule has 1 aliphatic heterocycles. The fraction of sp³-hybridized carbons (Fsp3) is 0.760. The molecule has 1 heteroatoms. The molecule has 1 heterocycles. The Hall–Kier alpha value is -0.563. The summed E-state index contributed by atoms with van der Waals surface area (Å²) in [5.41, 5.74) is 3.07. The van der Waals surface area contributed by atoms with Crippen LogP contribution < -0.4 is 0 Å². The van der Waals surface area contributed by atoms with Crippen LogP contribution in [0.4, 0.5) is 0 Å². The summed E-state index contributed by atoms with van der Waals surface area (Å²) in [6.45, 7) is 4.66. The molecule has 2 fully saturated rings. The molecule has 146 valence electrons. The highest BCUT2D eigenvalue weighted by atomic mass is 28.3. The first kappa shape index (κ1) is 20.2. The zero-order valence-corrected chi connectivity index (χ0v) is 18.7. The molecular weight excluding hydrogens is 328 g/mol. The summed E-state index contributed by atoms with van der Waals surface area (Å²) in [7, 11) is -0.286. The van der Waals surface area contributed by atoms with Gasteiger partial charge in [0.15, 0.2) is 0 Å². The minimum atomic E-state index is -0.286. The van der Waals surface area contributed by atoms with Crippen molar-refractivity contribution in [2.45, 2.75) is 103 Å². The molecule has 0 bridgehead atoms. The van der Waals surface area contributed by atoms with Gasteiger partial charge in [-0.15, -0.1) is 0 Å². The highest BCUT2D eigenvalue weighted by Crippen LogP contribution is 2.41. The molecule has 0 spiro atoms. The second-order valence-electron chi connectivity index (χ2n) is 9.46. The van der Waals surface area contributed by atoms with Gasteiger partial charge >= 0.3 is 0 Å². The van der Waals surface area contributed by atoms with Gasteiger partial charge in [0.25, 0.3) is 0 Å². The molecule has 1 saturated carbocycles. The predicted molar refractivity (Wildman–Crippen MR) is 119 cm³/mol. The van der Waals surface area contributed by atoms with E-state index in [1.807, 2.05) is 0 Å². The third-order valence-corrected chi connectivity index (χ3v) is 11.2. The minimum absolute atomic E-state index is 0.286. The van der Waals surface area contributed by atoms with Gasteiger partial charge < -0.3 is 0 Å². The fourth-order valence-electron chi connectivity index (χ4n) is 5.84. The van der Waals surface area contributed by atoms with E-state index >= 15 is 0 Å². The smallest absolute Gasteiger partial charge is 0.0367 e. The van der Waals surface area contributed by atoms with Crippen molar-refractivity contribution >= 4 is 8.80 Å². The fourth-order valence-corrected chi connectivity index (χ4v) is 9.32. The summed E-state index contributed by atoms with van der Waals surface area (Å²) in [4.78, 5) is 0. The number of hydrogen-bond donors (Lipinski definition) is 0. The Morgan fingerprint density at radius 2 is 1.31 bits per heavy atom. The van der Waals surface area contributed by atoms with Crippen molar-refractivity contribution in [1.82, 2.24) is 0 Å². The number of hydrogen-bond acceptors (Lipinski definition) is 0. The zero-order valence-electron chi connectivity index (χ0n) is 17.5. The van der Waals surface area contributed by atoms with E-state index in [9.17, 15) is 0 Å². The van der Waals surface area contributed by atoms with E-state index in [-0.39, 0.29) is 8.80 Å². The van der Waals surface area contributed by atoms with Crippen LogP contribution in [-0.2, 0) is 12.8 Å². The van der Waals surface area contributed by atoms with Crippen molar-refractivity contribution in [3.8, 4) is 0 Å². The molecule has 1 aliphatic carbocycles. The van der Waals surface area contributed by atoms with Crippen LogP contribution >= 0.6 is 0 Å². The Balaban J connectivity index is 1.35. The van der Waals surface area contributed by atoms with E-state index in [0.717, 1.165) is 17.8 Å². The van der Waals surface area contributed by atoms with Gasteiger partial charge in [-0.05, 0) is 61.0 Å². The van der Waals surface area contributed by atoms with Crippen LogP contribution in [-0.4, -0.2) is 8.80 Å². The SMILES string of the molecule is CCCc1ccc(CCC2CCC(C3CC[SiH](CCC)CC3)CC2)cc1. The third kappa shape index (κ3) is 5.97. The van der Waals surface area contributed by atoms with Crippen molar-refractivity contribution in [2.24, 2.45) is 17.8 Å². The Morgan fingerprint density at radius 3 is 1.88 bits per heavy atom. The van der Waals surface area contributed by atoms with E-state index in [1.54, 1.807) is 49.4 Å². The summed E-state index contributed by atoms with van der Waals surface area (Å²) >= 11 is 0. The molecule has 0 amide bonds. The number of rotatable bonds is 8. The maximum Gasteiger partial charge on any atom is 0.0367 e. The normalized spacial score (nSPS) is 29.6. The summed E-state index contributed by atoms with van der Waals surface area (Å²) in [6, 6.07) is 14.4. The molecule has 0 N–H and O–H groups in total. The Kier molecular flexibility index (Phi) is 8.30. The molecule has 2 aliphatic rings. The zero-order chi connectivity index (χ0) is 18.2. The van der Waals surface area contributed by atoms with Gasteiger partial charge in [-0.3, -0.25) is 0 Å². The molecule has 0 aromatic heterocycles. The molecular formula is C25H42Si. The van der Waals surface area contributed by atoms with Gasteiger partial charge in [0.2, 0.25) is 0 Å². The second-order valence-corrected chi connectivity index (χ2v) is 12.9. The number of aryl methyl sites for hydroxylation is 2. The lowest BCUT2D eigenvalue weighted by molar-refractivity contribution is 0.186. The van der Waals surface area contributed by atoms with Crippen molar-refractivity contribution in [1.29, 1.82) is 0 Å². The van der Waals surface area contributed by atoms with E-state index in [1.165, 1.54) is 50.5 Å². The maximum absolute atomic E-state index is 2.39. The minimum Gasteiger partial charge on any atom is -0.0657 e. The van der Waals surface area contributed by atoms with Crippen molar-refractivity contribution in [3.05, 3.63) is 35.4 Å². The van der Waals surface area contributed by atoms with Crippen LogP contribution in [0.5, 0.6) is 0 Å². The molecule has 26 heavy (non-hydrogen) atoms. The predicted octanol–water partition coefficient (Wildman–Crippen LogP) is 7.43. The third-order valence-electron chi connectivity index (χ3n) is 7.55. The van der Waals surface area contributed by atoms with Gasteiger partial charge in [0.1, 0.15) is 0 Å². The molecule has 0 radical (unpaired) electrons. The highest BCUT2D eigenvalue weighted by Gasteiger charge is 2.30. The summed E-state index contributed by atoms with van der Waals surface area (Å²) in [5, 5.41) is 0. The van der Waals surface area contributed by atoms with Crippen molar-refractivity contribution < 1.29 is 0 Å². The largest absolute Gasteiger partial charge is 0.0657 e. The Bertz CT molecular complexity index is 489. The van der Waals surface area contributed by atoms with Crippen LogP contribution in [0.15, 0.2) is 24.3 Å². The van der Waals surface area contributed by atoms with Crippen molar-refractivity contribution in [2.75, 3.05) is 0 Å². The summed E-state index contributed by atoms with van der Waals surface area (Å²) < 4.78 is 0. The van der Waals surface area contributed by atoms with Crippen LogP contribution in [0.2, 0.25) is 18.1 Å². The van der Waals surface area contributed by atoms with Crippen LogP contribution in [0.1, 0.15) is 82.8 Å². The molecule has 3 rings (SSSR count). The molecule has 1 aromatic rings. The van der Waals surface area contributed by atoms with Gasteiger partial charge in [-0.1, -0.05) is 94.8 Å². The lowest BCUT2D eigenvalue weighted by atomic mass is 9.73. The first-order valence-electron chi connectivity index (χ1n) is 11.9.